The van der Waals surface area contributed by atoms with Crippen molar-refractivity contribution < 1.29 is 67.9 Å². The fourth-order valence-corrected chi connectivity index (χ4v) is 4.56. The SMILES string of the molecule is CCOC(=O)[C@H]1O[C@@H]1C(=O)N(C(=O)O)N(C)C(=O)[C@@H](NC(=O)[C@H](CCC(=O)O)NC(=O)[C@H](CC(C)C)NC(=O)OCc1ccccc1)[C@@H](C)O. The van der Waals surface area contributed by atoms with Crippen molar-refractivity contribution in [1.29, 1.82) is 0 Å². The Morgan fingerprint density at radius 2 is 1.50 bits per heavy atom. The summed E-state index contributed by atoms with van der Waals surface area (Å²) in [6.45, 7) is 5.96. The van der Waals surface area contributed by atoms with Crippen molar-refractivity contribution in [2.75, 3.05) is 13.7 Å². The molecule has 2 rings (SSSR count). The highest BCUT2D eigenvalue weighted by Gasteiger charge is 2.55. The number of benzene rings is 1. The summed E-state index contributed by atoms with van der Waals surface area (Å²) in [4.78, 5) is 101. The van der Waals surface area contributed by atoms with Crippen LogP contribution in [0.1, 0.15) is 52.5 Å². The smallest absolute Gasteiger partial charge is 0.433 e. The first-order valence-electron chi connectivity index (χ1n) is 15.6. The number of alkyl carbamates (subject to hydrolysis) is 1. The van der Waals surface area contributed by atoms with E-state index in [-0.39, 0.29) is 35.6 Å². The Bertz CT molecular complexity index is 1400. The number of hydrogen-bond donors (Lipinski definition) is 6. The second-order valence-electron chi connectivity index (χ2n) is 11.6. The zero-order valence-electron chi connectivity index (χ0n) is 28.2. The molecule has 0 bridgehead atoms. The van der Waals surface area contributed by atoms with Gasteiger partial charge in [0.15, 0.2) is 12.2 Å². The quantitative estimate of drug-likeness (QED) is 0.0692. The van der Waals surface area contributed by atoms with E-state index in [0.717, 1.165) is 14.0 Å². The van der Waals surface area contributed by atoms with E-state index in [9.17, 15) is 53.7 Å². The van der Waals surface area contributed by atoms with Gasteiger partial charge in [0, 0.05) is 13.5 Å². The molecule has 1 fully saturated rings. The van der Waals surface area contributed by atoms with Gasteiger partial charge in [-0.25, -0.2) is 19.4 Å². The molecule has 276 valence electrons. The molecule has 0 aromatic heterocycles. The summed E-state index contributed by atoms with van der Waals surface area (Å²) in [7, 11) is 0.848. The number of aliphatic carboxylic acids is 1. The van der Waals surface area contributed by atoms with Crippen LogP contribution < -0.4 is 16.0 Å². The molecular formula is C31H43N5O14. The van der Waals surface area contributed by atoms with Crippen LogP contribution in [0.2, 0.25) is 0 Å². The summed E-state index contributed by atoms with van der Waals surface area (Å²) in [5.74, 6) is -7.10. The van der Waals surface area contributed by atoms with Crippen molar-refractivity contribution in [2.45, 2.75) is 90.0 Å². The van der Waals surface area contributed by atoms with Gasteiger partial charge >= 0.3 is 24.1 Å². The number of epoxide rings is 1. The van der Waals surface area contributed by atoms with Crippen molar-refractivity contribution in [3.63, 3.8) is 0 Å². The number of hydrogen-bond acceptors (Lipinski definition) is 12. The van der Waals surface area contributed by atoms with Crippen LogP contribution in [0, 0.1) is 5.92 Å². The number of rotatable bonds is 17. The van der Waals surface area contributed by atoms with Gasteiger partial charge in [-0.15, -0.1) is 5.01 Å². The highest BCUT2D eigenvalue weighted by atomic mass is 16.6. The minimum atomic E-state index is -1.96. The fourth-order valence-electron chi connectivity index (χ4n) is 4.56. The van der Waals surface area contributed by atoms with Gasteiger partial charge in [-0.05, 0) is 38.2 Å². The molecule has 1 aliphatic rings. The standard InChI is InChI=1S/C31H43N5O14/c1-6-48-29(44)24-23(50-24)28(43)36(31(46)47)35(5)27(42)22(17(4)37)34-25(40)19(12-13-21(38)39)32-26(41)20(14-16(2)3)33-30(45)49-15-18-10-8-7-9-11-18/h7-11,16-17,19-20,22-24,37H,6,12-15H2,1-5H3,(H,32,41)(H,33,45)(H,34,40)(H,38,39)(H,46,47)/t17-,19+,20+,22+,23+,24+/m1/s1. The van der Waals surface area contributed by atoms with Crippen LogP contribution in [0.3, 0.4) is 0 Å². The number of carboxylic acids is 1. The molecule has 0 aliphatic carbocycles. The average Bonchev–Trinajstić information content (AvgIpc) is 3.85. The molecule has 6 atom stereocenters. The lowest BCUT2D eigenvalue weighted by Crippen LogP contribution is -2.62. The van der Waals surface area contributed by atoms with Crippen LogP contribution in [-0.2, 0) is 49.6 Å². The number of esters is 1. The number of likely N-dealkylation sites (N-methyl/N-ethyl adjacent to an activating group) is 1. The Balaban J connectivity index is 2.21. The van der Waals surface area contributed by atoms with Crippen molar-refractivity contribution in [3.05, 3.63) is 35.9 Å². The van der Waals surface area contributed by atoms with Crippen LogP contribution >= 0.6 is 0 Å². The van der Waals surface area contributed by atoms with Crippen LogP contribution in [-0.4, -0.2) is 123 Å². The van der Waals surface area contributed by atoms with Gasteiger partial charge < -0.3 is 45.5 Å². The molecule has 1 aromatic carbocycles. The van der Waals surface area contributed by atoms with Gasteiger partial charge in [0.05, 0.1) is 12.7 Å². The number of carbonyl (C=O) groups is 8. The maximum Gasteiger partial charge on any atom is 0.433 e. The van der Waals surface area contributed by atoms with Crippen LogP contribution in [0.25, 0.3) is 0 Å². The number of carboxylic acid groups (broad SMARTS) is 2. The summed E-state index contributed by atoms with van der Waals surface area (Å²) in [6.07, 6.45) is -8.64. The molecule has 1 saturated heterocycles. The molecule has 0 spiro atoms. The molecule has 50 heavy (non-hydrogen) atoms. The van der Waals surface area contributed by atoms with E-state index >= 15 is 0 Å². The molecule has 0 unspecified atom stereocenters. The number of aliphatic hydroxyl groups excluding tert-OH is 1. The van der Waals surface area contributed by atoms with E-state index in [2.05, 4.69) is 16.0 Å². The largest absolute Gasteiger partial charge is 0.481 e. The lowest BCUT2D eigenvalue weighted by atomic mass is 10.0. The van der Waals surface area contributed by atoms with Crippen molar-refractivity contribution >= 4 is 47.8 Å². The Kier molecular flexibility index (Phi) is 15.6. The minimum absolute atomic E-state index is 0.0412. The van der Waals surface area contributed by atoms with Gasteiger partial charge in [0.25, 0.3) is 11.8 Å². The molecular weight excluding hydrogens is 666 g/mol. The second-order valence-corrected chi connectivity index (χ2v) is 11.6. The van der Waals surface area contributed by atoms with E-state index in [1.54, 1.807) is 44.2 Å². The van der Waals surface area contributed by atoms with Crippen molar-refractivity contribution in [3.8, 4) is 0 Å². The lowest BCUT2D eigenvalue weighted by Gasteiger charge is -2.32. The Morgan fingerprint density at radius 1 is 0.880 bits per heavy atom. The number of carbonyl (C=O) groups excluding carboxylic acids is 6. The summed E-state index contributed by atoms with van der Waals surface area (Å²) < 4.78 is 14.9. The van der Waals surface area contributed by atoms with Crippen LogP contribution in [0.15, 0.2) is 30.3 Å². The predicted octanol–water partition coefficient (Wildman–Crippen LogP) is -0.247. The third kappa shape index (κ3) is 12.3. The molecule has 1 aliphatic heterocycles. The van der Waals surface area contributed by atoms with Gasteiger partial charge in [-0.2, -0.15) is 0 Å². The number of amides is 6. The zero-order chi connectivity index (χ0) is 37.7. The van der Waals surface area contributed by atoms with E-state index < -0.39 is 97.0 Å². The first-order chi connectivity index (χ1) is 23.5. The minimum Gasteiger partial charge on any atom is -0.481 e. The molecule has 19 nitrogen and oxygen atoms in total. The number of aliphatic hydroxyl groups is 1. The summed E-state index contributed by atoms with van der Waals surface area (Å²) >= 11 is 0. The zero-order valence-corrected chi connectivity index (χ0v) is 28.2. The molecule has 0 radical (unpaired) electrons. The maximum absolute atomic E-state index is 13.4. The second kappa shape index (κ2) is 19.0. The number of hydrazine groups is 1. The first kappa shape index (κ1) is 40.9. The van der Waals surface area contributed by atoms with Crippen molar-refractivity contribution in [1.82, 2.24) is 26.0 Å². The van der Waals surface area contributed by atoms with Gasteiger partial charge in [0.1, 0.15) is 24.7 Å². The number of imide groups is 1. The molecule has 19 heteroatoms. The fraction of sp³-hybridized carbons (Fsp3) is 0.548. The van der Waals surface area contributed by atoms with E-state index in [0.29, 0.717) is 5.56 Å². The third-order valence-electron chi connectivity index (χ3n) is 7.12. The molecule has 1 aromatic rings. The first-order valence-corrected chi connectivity index (χ1v) is 15.6. The van der Waals surface area contributed by atoms with Gasteiger partial charge in [0.2, 0.25) is 11.8 Å². The van der Waals surface area contributed by atoms with E-state index in [1.807, 2.05) is 0 Å². The highest BCUT2D eigenvalue weighted by Crippen LogP contribution is 2.26. The van der Waals surface area contributed by atoms with E-state index in [4.69, 9.17) is 14.2 Å². The monoisotopic (exact) mass is 709 g/mol. The van der Waals surface area contributed by atoms with Gasteiger partial charge in [-0.1, -0.05) is 44.2 Å². The summed E-state index contributed by atoms with van der Waals surface area (Å²) in [6, 6.07) is 3.92. The normalized spacial score (nSPS) is 17.2. The lowest BCUT2D eigenvalue weighted by molar-refractivity contribution is -0.160. The summed E-state index contributed by atoms with van der Waals surface area (Å²) in [5.41, 5.74) is 0.684. The topological polar surface area (TPSA) is 271 Å². The number of ether oxygens (including phenoxy) is 3. The molecule has 0 saturated carbocycles. The Hall–Kier alpha value is -5.30. The highest BCUT2D eigenvalue weighted by molar-refractivity contribution is 6.01. The Labute approximate surface area is 287 Å². The van der Waals surface area contributed by atoms with E-state index in [1.165, 1.54) is 6.92 Å². The Morgan fingerprint density at radius 3 is 2.04 bits per heavy atom. The molecule has 1 heterocycles. The van der Waals surface area contributed by atoms with Gasteiger partial charge in [-0.3, -0.25) is 24.0 Å². The van der Waals surface area contributed by atoms with Crippen LogP contribution in [0.5, 0.6) is 0 Å². The number of nitrogens with zero attached hydrogens (tertiary/aromatic N) is 2. The molecule has 6 N–H and O–H groups in total. The molecule has 6 amide bonds. The van der Waals surface area contributed by atoms with Crippen LogP contribution in [0.4, 0.5) is 9.59 Å². The van der Waals surface area contributed by atoms with Crippen molar-refractivity contribution in [2.24, 2.45) is 5.92 Å². The average molecular weight is 710 g/mol. The predicted molar refractivity (Wildman–Crippen MR) is 168 cm³/mol. The number of nitrogens with one attached hydrogen (secondary N) is 3. The summed E-state index contributed by atoms with van der Waals surface area (Å²) in [5, 5.41) is 36.5. The third-order valence-corrected chi connectivity index (χ3v) is 7.12. The maximum atomic E-state index is 13.4.